The lowest BCUT2D eigenvalue weighted by Crippen LogP contribution is -2.61. The van der Waals surface area contributed by atoms with E-state index in [0.717, 1.165) is 0 Å². The summed E-state index contributed by atoms with van der Waals surface area (Å²) in [5.41, 5.74) is 0. The van der Waals surface area contributed by atoms with Gasteiger partial charge in [-0.15, -0.1) is 0 Å². The van der Waals surface area contributed by atoms with Gasteiger partial charge in [-0.25, -0.2) is 0 Å². The molecule has 2 heterocycles. The molecule has 0 aliphatic carbocycles. The summed E-state index contributed by atoms with van der Waals surface area (Å²) in [6.45, 7) is 15.0. The monoisotopic (exact) mass is 316 g/mol. The molecule has 0 amide bonds. The predicted molar refractivity (Wildman–Crippen MR) is 103 cm³/mol. The van der Waals surface area contributed by atoms with Crippen molar-refractivity contribution >= 4 is 0 Å². The number of quaternary nitrogens is 2. The normalized spacial score (nSPS) is 21.5. The van der Waals surface area contributed by atoms with Crippen LogP contribution < -0.4 is 0 Å². The number of rotatable bonds is 8. The molecule has 2 nitrogen and oxygen atoms in total. The number of likely N-dealkylation sites (tertiary alicyclic amines) is 2. The number of nitrogens with zero attached hydrogens (tertiary/aromatic N) is 2. The Balaban J connectivity index is 0. The minimum absolute atomic E-state index is 0. The largest absolute Gasteiger partial charge is 0.277 e. The molecule has 0 spiro atoms. The Morgan fingerprint density at radius 1 is 0.591 bits per heavy atom. The van der Waals surface area contributed by atoms with Crippen LogP contribution >= 0.6 is 0 Å². The lowest BCUT2D eigenvalue weighted by atomic mass is 10.2. The predicted octanol–water partition coefficient (Wildman–Crippen LogP) is 5.67. The van der Waals surface area contributed by atoms with E-state index in [2.05, 4.69) is 13.8 Å². The van der Waals surface area contributed by atoms with Crippen LogP contribution in [-0.2, 0) is 0 Å². The van der Waals surface area contributed by atoms with Gasteiger partial charge in [-0.05, 0) is 12.8 Å². The Kier molecular flexibility index (Phi) is 12.6. The average molecular weight is 317 g/mol. The summed E-state index contributed by atoms with van der Waals surface area (Å²) >= 11 is 0. The third-order valence-electron chi connectivity index (χ3n) is 5.60. The van der Waals surface area contributed by atoms with Crippen LogP contribution in [0.25, 0.3) is 0 Å². The van der Waals surface area contributed by atoms with Crippen LogP contribution in [0.4, 0.5) is 0 Å². The van der Waals surface area contributed by atoms with Crippen molar-refractivity contribution < 1.29 is 8.97 Å². The molecule has 0 aromatic carbocycles. The van der Waals surface area contributed by atoms with Crippen LogP contribution in [0.2, 0.25) is 0 Å². The number of hydrogen-bond donors (Lipinski definition) is 0. The van der Waals surface area contributed by atoms with Gasteiger partial charge in [-0.2, -0.15) is 0 Å². The Morgan fingerprint density at radius 3 is 1.18 bits per heavy atom. The van der Waals surface area contributed by atoms with Crippen molar-refractivity contribution in [1.82, 2.24) is 0 Å². The van der Waals surface area contributed by atoms with E-state index in [9.17, 15) is 0 Å². The molecule has 136 valence electrons. The maximum atomic E-state index is 2.35. The molecular weight excluding hydrogens is 268 g/mol. The molecule has 2 aliphatic heterocycles. The summed E-state index contributed by atoms with van der Waals surface area (Å²) in [5.74, 6) is 0. The highest BCUT2D eigenvalue weighted by atomic mass is 15.5. The number of unbranched alkanes of at least 4 members (excludes halogenated alkanes) is 2. The van der Waals surface area contributed by atoms with Crippen LogP contribution in [0.3, 0.4) is 0 Å². The standard InChI is InChI=1S/C17H36N2.3CH4/c1-3-5-11-18(13-7-8-14-18)17-19(12-6-4-2)15-9-10-16-19;;;/h3-17H2,1-2H3;3*1H4/q+2;;;. The lowest BCUT2D eigenvalue weighted by molar-refractivity contribution is -1.09. The Morgan fingerprint density at radius 2 is 0.909 bits per heavy atom. The maximum absolute atomic E-state index is 2.35. The summed E-state index contributed by atoms with van der Waals surface area (Å²) in [4.78, 5) is 0. The first kappa shape index (κ1) is 24.2. The van der Waals surface area contributed by atoms with Gasteiger partial charge in [0, 0.05) is 25.7 Å². The first-order chi connectivity index (χ1) is 9.24. The fourth-order valence-electron chi connectivity index (χ4n) is 4.51. The molecule has 0 aromatic heterocycles. The van der Waals surface area contributed by atoms with Crippen molar-refractivity contribution in [2.75, 3.05) is 45.9 Å². The van der Waals surface area contributed by atoms with E-state index in [4.69, 9.17) is 0 Å². The second kappa shape index (κ2) is 11.5. The zero-order valence-electron chi connectivity index (χ0n) is 13.5. The van der Waals surface area contributed by atoms with Gasteiger partial charge < -0.3 is 0 Å². The second-order valence-corrected chi connectivity index (χ2v) is 7.29. The van der Waals surface area contributed by atoms with Gasteiger partial charge in [-0.3, -0.25) is 8.97 Å². The second-order valence-electron chi connectivity index (χ2n) is 7.29. The highest BCUT2D eigenvalue weighted by Crippen LogP contribution is 2.29. The number of hydrogen-bond acceptors (Lipinski definition) is 0. The van der Waals surface area contributed by atoms with Crippen molar-refractivity contribution in [3.63, 3.8) is 0 Å². The molecule has 0 unspecified atom stereocenters. The summed E-state index contributed by atoms with van der Waals surface area (Å²) in [6.07, 6.45) is 11.6. The zero-order valence-corrected chi connectivity index (χ0v) is 13.5. The van der Waals surface area contributed by atoms with Crippen molar-refractivity contribution in [1.29, 1.82) is 0 Å². The van der Waals surface area contributed by atoms with Crippen molar-refractivity contribution in [3.8, 4) is 0 Å². The molecule has 0 atom stereocenters. The quantitative estimate of drug-likeness (QED) is 0.506. The highest BCUT2D eigenvalue weighted by molar-refractivity contribution is 4.58. The molecule has 2 fully saturated rings. The fraction of sp³-hybridized carbons (Fsp3) is 1.00. The smallest absolute Gasteiger partial charge is 0.207 e. The fourth-order valence-corrected chi connectivity index (χ4v) is 4.51. The van der Waals surface area contributed by atoms with E-state index >= 15 is 0 Å². The first-order valence-corrected chi connectivity index (χ1v) is 8.94. The average Bonchev–Trinajstić information content (AvgIpc) is 3.05. The molecule has 0 radical (unpaired) electrons. The first-order valence-electron chi connectivity index (χ1n) is 8.94. The molecule has 0 bridgehead atoms. The van der Waals surface area contributed by atoms with E-state index in [0.29, 0.717) is 0 Å². The van der Waals surface area contributed by atoms with Crippen molar-refractivity contribution in [3.05, 3.63) is 0 Å². The van der Waals surface area contributed by atoms with Crippen LogP contribution in [0.1, 0.15) is 87.5 Å². The summed E-state index contributed by atoms with van der Waals surface area (Å²) in [7, 11) is 0. The molecule has 2 rings (SSSR count). The molecule has 2 saturated heterocycles. The van der Waals surface area contributed by atoms with Crippen LogP contribution in [0.15, 0.2) is 0 Å². The van der Waals surface area contributed by atoms with E-state index in [-0.39, 0.29) is 22.3 Å². The van der Waals surface area contributed by atoms with Gasteiger partial charge in [0.15, 0.2) is 0 Å². The Bertz CT molecular complexity index is 224. The molecule has 22 heavy (non-hydrogen) atoms. The van der Waals surface area contributed by atoms with Gasteiger partial charge in [-0.1, -0.05) is 49.0 Å². The molecule has 0 N–H and O–H groups in total. The van der Waals surface area contributed by atoms with Gasteiger partial charge in [0.1, 0.15) is 0 Å². The summed E-state index contributed by atoms with van der Waals surface area (Å²) < 4.78 is 2.94. The third kappa shape index (κ3) is 6.20. The molecular formula is C20H48N2+2. The van der Waals surface area contributed by atoms with Gasteiger partial charge >= 0.3 is 0 Å². The Hall–Kier alpha value is -0.0800. The zero-order chi connectivity index (χ0) is 13.6. The highest BCUT2D eigenvalue weighted by Gasteiger charge is 2.42. The van der Waals surface area contributed by atoms with E-state index in [1.165, 1.54) is 106 Å². The minimum Gasteiger partial charge on any atom is -0.277 e. The summed E-state index contributed by atoms with van der Waals surface area (Å²) in [5, 5.41) is 0. The SMILES string of the molecule is C.C.C.CCCC[N+]1(C[N+]2(CCCC)CCCC2)CCCC1. The lowest BCUT2D eigenvalue weighted by Gasteiger charge is -2.43. The molecule has 0 saturated carbocycles. The molecule has 0 aromatic rings. The van der Waals surface area contributed by atoms with Gasteiger partial charge in [0.2, 0.25) is 6.67 Å². The third-order valence-corrected chi connectivity index (χ3v) is 5.60. The van der Waals surface area contributed by atoms with Gasteiger partial charge in [0.05, 0.1) is 39.3 Å². The van der Waals surface area contributed by atoms with E-state index in [1.54, 1.807) is 0 Å². The molecule has 2 aliphatic rings. The van der Waals surface area contributed by atoms with Crippen LogP contribution in [0, 0.1) is 0 Å². The van der Waals surface area contributed by atoms with E-state index in [1.807, 2.05) is 0 Å². The minimum atomic E-state index is 0. The van der Waals surface area contributed by atoms with E-state index < -0.39 is 0 Å². The summed E-state index contributed by atoms with van der Waals surface area (Å²) in [6, 6.07) is 0. The van der Waals surface area contributed by atoms with Crippen molar-refractivity contribution in [2.45, 2.75) is 87.5 Å². The van der Waals surface area contributed by atoms with Crippen molar-refractivity contribution in [2.24, 2.45) is 0 Å². The topological polar surface area (TPSA) is 0 Å². The molecule has 2 heteroatoms. The Labute approximate surface area is 143 Å². The maximum Gasteiger partial charge on any atom is 0.207 e. The van der Waals surface area contributed by atoms with Crippen LogP contribution in [0.5, 0.6) is 0 Å². The van der Waals surface area contributed by atoms with Crippen LogP contribution in [-0.4, -0.2) is 54.9 Å². The van der Waals surface area contributed by atoms with Gasteiger partial charge in [0.25, 0.3) is 0 Å².